The minimum atomic E-state index is -2.24. The normalized spacial score (nSPS) is 11.0. The molecular formula is C14H9F6N. The fourth-order valence-electron chi connectivity index (χ4n) is 2.01. The van der Waals surface area contributed by atoms with Gasteiger partial charge in [0.15, 0.2) is 23.3 Å². The summed E-state index contributed by atoms with van der Waals surface area (Å²) in [6, 6.07) is 2.77. The Morgan fingerprint density at radius 2 is 1.29 bits per heavy atom. The lowest BCUT2D eigenvalue weighted by atomic mass is 9.96. The van der Waals surface area contributed by atoms with E-state index >= 15 is 0 Å². The highest BCUT2D eigenvalue weighted by Crippen LogP contribution is 2.33. The molecule has 0 aliphatic carbocycles. The van der Waals surface area contributed by atoms with Crippen molar-refractivity contribution in [2.24, 2.45) is 5.73 Å². The van der Waals surface area contributed by atoms with E-state index in [1.165, 1.54) is 0 Å². The van der Waals surface area contributed by atoms with Crippen molar-refractivity contribution >= 4 is 0 Å². The molecule has 1 nitrogen and oxygen atoms in total. The number of hydrogen-bond donors (Lipinski definition) is 1. The monoisotopic (exact) mass is 305 g/mol. The molecule has 0 saturated carbocycles. The summed E-state index contributed by atoms with van der Waals surface area (Å²) in [5, 5.41) is 0. The van der Waals surface area contributed by atoms with Gasteiger partial charge in [-0.05, 0) is 36.2 Å². The first-order chi connectivity index (χ1) is 9.88. The molecule has 2 N–H and O–H groups in total. The molecule has 0 radical (unpaired) electrons. The van der Waals surface area contributed by atoms with Crippen LogP contribution in [0.4, 0.5) is 26.3 Å². The van der Waals surface area contributed by atoms with Gasteiger partial charge in [0.05, 0.1) is 5.56 Å². The molecule has 0 amide bonds. The van der Waals surface area contributed by atoms with Gasteiger partial charge < -0.3 is 5.73 Å². The molecular weight excluding hydrogens is 296 g/mol. The third kappa shape index (κ3) is 2.61. The van der Waals surface area contributed by atoms with E-state index in [0.29, 0.717) is 0 Å². The van der Waals surface area contributed by atoms with Crippen LogP contribution >= 0.6 is 0 Å². The van der Waals surface area contributed by atoms with Gasteiger partial charge in [0.25, 0.3) is 0 Å². The SMILES string of the molecule is NCCc1cc(F)ccc1-c1c(F)c(F)c(F)c(F)c1F. The Kier molecular flexibility index (Phi) is 4.22. The number of benzene rings is 2. The van der Waals surface area contributed by atoms with E-state index in [-0.39, 0.29) is 24.1 Å². The van der Waals surface area contributed by atoms with Crippen LogP contribution in [0.3, 0.4) is 0 Å². The Hall–Kier alpha value is -2.02. The second-order valence-electron chi connectivity index (χ2n) is 4.29. The van der Waals surface area contributed by atoms with Crippen molar-refractivity contribution in [1.29, 1.82) is 0 Å². The van der Waals surface area contributed by atoms with E-state index in [1.807, 2.05) is 0 Å². The maximum Gasteiger partial charge on any atom is 0.200 e. The topological polar surface area (TPSA) is 26.0 Å². The van der Waals surface area contributed by atoms with Crippen molar-refractivity contribution in [2.45, 2.75) is 6.42 Å². The van der Waals surface area contributed by atoms with Gasteiger partial charge in [-0.15, -0.1) is 0 Å². The maximum atomic E-state index is 13.8. The quantitative estimate of drug-likeness (QED) is 0.522. The van der Waals surface area contributed by atoms with Gasteiger partial charge in [0.2, 0.25) is 5.82 Å². The molecule has 2 aromatic carbocycles. The molecule has 2 aromatic rings. The highest BCUT2D eigenvalue weighted by molar-refractivity contribution is 5.69. The molecule has 0 spiro atoms. The average Bonchev–Trinajstić information content (AvgIpc) is 2.46. The largest absolute Gasteiger partial charge is 0.330 e. The molecule has 0 atom stereocenters. The van der Waals surface area contributed by atoms with Crippen LogP contribution in [-0.2, 0) is 6.42 Å². The highest BCUT2D eigenvalue weighted by Gasteiger charge is 2.27. The lowest BCUT2D eigenvalue weighted by Gasteiger charge is -2.12. The Labute approximate surface area is 116 Å². The van der Waals surface area contributed by atoms with Gasteiger partial charge in [0, 0.05) is 0 Å². The van der Waals surface area contributed by atoms with E-state index in [4.69, 9.17) is 5.73 Å². The summed E-state index contributed by atoms with van der Waals surface area (Å²) in [6.45, 7) is 0.0197. The predicted molar refractivity (Wildman–Crippen MR) is 64.4 cm³/mol. The van der Waals surface area contributed by atoms with Crippen LogP contribution in [0.2, 0.25) is 0 Å². The fourth-order valence-corrected chi connectivity index (χ4v) is 2.01. The summed E-state index contributed by atoms with van der Waals surface area (Å²) in [4.78, 5) is 0. The Morgan fingerprint density at radius 1 is 0.762 bits per heavy atom. The maximum absolute atomic E-state index is 13.8. The van der Waals surface area contributed by atoms with Gasteiger partial charge in [0.1, 0.15) is 5.82 Å². The summed E-state index contributed by atoms with van der Waals surface area (Å²) in [7, 11) is 0. The van der Waals surface area contributed by atoms with Crippen molar-refractivity contribution in [3.8, 4) is 11.1 Å². The minimum absolute atomic E-state index is 0.0197. The standard InChI is InChI=1S/C14H9F6N/c15-7-1-2-8(6(5-7)3-4-21)9-10(16)12(18)14(20)13(19)11(9)17/h1-2,5H,3-4,21H2. The van der Waals surface area contributed by atoms with Gasteiger partial charge >= 0.3 is 0 Å². The van der Waals surface area contributed by atoms with Crippen molar-refractivity contribution in [3.63, 3.8) is 0 Å². The smallest absolute Gasteiger partial charge is 0.200 e. The summed E-state index contributed by atoms with van der Waals surface area (Å²) in [6.07, 6.45) is 0.0204. The van der Waals surface area contributed by atoms with Crippen molar-refractivity contribution in [1.82, 2.24) is 0 Å². The first kappa shape index (κ1) is 15.4. The molecule has 0 aliphatic rings. The van der Waals surface area contributed by atoms with E-state index in [2.05, 4.69) is 0 Å². The van der Waals surface area contributed by atoms with E-state index in [1.54, 1.807) is 0 Å². The van der Waals surface area contributed by atoms with Crippen LogP contribution in [0.5, 0.6) is 0 Å². The molecule has 0 fully saturated rings. The van der Waals surface area contributed by atoms with Crippen molar-refractivity contribution < 1.29 is 26.3 Å². The molecule has 7 heteroatoms. The number of rotatable bonds is 3. The highest BCUT2D eigenvalue weighted by atomic mass is 19.2. The Bertz CT molecular complexity index is 669. The molecule has 0 saturated heterocycles. The zero-order chi connectivity index (χ0) is 15.7. The lowest BCUT2D eigenvalue weighted by molar-refractivity contribution is 0.381. The van der Waals surface area contributed by atoms with Crippen molar-refractivity contribution in [2.75, 3.05) is 6.54 Å². The minimum Gasteiger partial charge on any atom is -0.330 e. The van der Waals surface area contributed by atoms with E-state index < -0.39 is 40.5 Å². The van der Waals surface area contributed by atoms with Crippen LogP contribution in [-0.4, -0.2) is 6.54 Å². The Morgan fingerprint density at radius 3 is 1.81 bits per heavy atom. The van der Waals surface area contributed by atoms with Crippen molar-refractivity contribution in [3.05, 3.63) is 58.7 Å². The summed E-state index contributed by atoms with van der Waals surface area (Å²) in [5.41, 5.74) is 3.98. The molecule has 112 valence electrons. The second-order valence-corrected chi connectivity index (χ2v) is 4.29. The first-order valence-corrected chi connectivity index (χ1v) is 5.88. The van der Waals surface area contributed by atoms with Gasteiger partial charge in [-0.1, -0.05) is 6.07 Å². The number of nitrogens with two attached hydrogens (primary N) is 1. The van der Waals surface area contributed by atoms with Gasteiger partial charge in [-0.3, -0.25) is 0 Å². The predicted octanol–water partition coefficient (Wildman–Crippen LogP) is 3.69. The van der Waals surface area contributed by atoms with E-state index in [9.17, 15) is 26.3 Å². The molecule has 2 rings (SSSR count). The second kappa shape index (κ2) is 5.77. The molecule has 0 heterocycles. The fraction of sp³-hybridized carbons (Fsp3) is 0.143. The zero-order valence-corrected chi connectivity index (χ0v) is 10.5. The lowest BCUT2D eigenvalue weighted by Crippen LogP contribution is -2.08. The Balaban J connectivity index is 2.79. The van der Waals surface area contributed by atoms with Gasteiger partial charge in [-0.25, -0.2) is 26.3 Å². The molecule has 0 unspecified atom stereocenters. The first-order valence-electron chi connectivity index (χ1n) is 5.88. The van der Waals surface area contributed by atoms with Crippen LogP contribution in [0.25, 0.3) is 11.1 Å². The number of halogens is 6. The third-order valence-electron chi connectivity index (χ3n) is 2.96. The molecule has 0 aliphatic heterocycles. The van der Waals surface area contributed by atoms with E-state index in [0.717, 1.165) is 18.2 Å². The van der Waals surface area contributed by atoms with Crippen LogP contribution < -0.4 is 5.73 Å². The summed E-state index contributed by atoms with van der Waals surface area (Å²) in [5.74, 6) is -11.0. The summed E-state index contributed by atoms with van der Waals surface area (Å²) >= 11 is 0. The number of hydrogen-bond acceptors (Lipinski definition) is 1. The van der Waals surface area contributed by atoms with Crippen LogP contribution in [0.15, 0.2) is 18.2 Å². The molecule has 0 aromatic heterocycles. The third-order valence-corrected chi connectivity index (χ3v) is 2.96. The summed E-state index contributed by atoms with van der Waals surface area (Å²) < 4.78 is 80.2. The molecule has 0 bridgehead atoms. The average molecular weight is 305 g/mol. The van der Waals surface area contributed by atoms with Gasteiger partial charge in [-0.2, -0.15) is 0 Å². The zero-order valence-electron chi connectivity index (χ0n) is 10.5. The molecule has 21 heavy (non-hydrogen) atoms. The van der Waals surface area contributed by atoms with Crippen LogP contribution in [0, 0.1) is 34.9 Å². The van der Waals surface area contributed by atoms with Crippen LogP contribution in [0.1, 0.15) is 5.56 Å².